The fourth-order valence-electron chi connectivity index (χ4n) is 1.36. The van der Waals surface area contributed by atoms with Gasteiger partial charge in [0.1, 0.15) is 11.6 Å². The van der Waals surface area contributed by atoms with E-state index in [1.807, 2.05) is 30.1 Å². The number of aromatic amines is 1. The third kappa shape index (κ3) is 3.03. The number of thioether (sulfide) groups is 1. The summed E-state index contributed by atoms with van der Waals surface area (Å²) in [6.07, 6.45) is 3.63. The largest absolute Gasteiger partial charge is 0.497 e. The van der Waals surface area contributed by atoms with Crippen molar-refractivity contribution < 1.29 is 4.74 Å². The number of hydrogen-bond acceptors (Lipinski definition) is 3. The van der Waals surface area contributed by atoms with Gasteiger partial charge in [-0.3, -0.25) is 0 Å². The number of nitrogens with one attached hydrogen (secondary N) is 1. The van der Waals surface area contributed by atoms with Crippen LogP contribution in [0.1, 0.15) is 11.4 Å². The molecule has 0 aliphatic rings. The van der Waals surface area contributed by atoms with Gasteiger partial charge in [-0.25, -0.2) is 4.98 Å². The van der Waals surface area contributed by atoms with Crippen molar-refractivity contribution in [3.63, 3.8) is 0 Å². The molecular weight excluding hydrogens is 220 g/mol. The first-order valence-corrected chi connectivity index (χ1v) is 6.23. The van der Waals surface area contributed by atoms with Crippen LogP contribution in [-0.4, -0.2) is 17.1 Å². The fraction of sp³-hybridized carbons (Fsp3) is 0.250. The maximum atomic E-state index is 5.11. The molecule has 0 bridgehead atoms. The van der Waals surface area contributed by atoms with Crippen LogP contribution in [0.25, 0.3) is 0 Å². The van der Waals surface area contributed by atoms with Gasteiger partial charge in [-0.1, -0.05) is 12.1 Å². The van der Waals surface area contributed by atoms with Crippen molar-refractivity contribution in [2.24, 2.45) is 0 Å². The van der Waals surface area contributed by atoms with Crippen molar-refractivity contribution in [1.29, 1.82) is 0 Å². The second-order valence-electron chi connectivity index (χ2n) is 3.38. The van der Waals surface area contributed by atoms with Crippen molar-refractivity contribution in [2.75, 3.05) is 7.11 Å². The monoisotopic (exact) mass is 234 g/mol. The first kappa shape index (κ1) is 11.1. The van der Waals surface area contributed by atoms with Gasteiger partial charge in [0.25, 0.3) is 0 Å². The number of imidazole rings is 1. The maximum absolute atomic E-state index is 5.11. The zero-order chi connectivity index (χ0) is 11.2. The zero-order valence-corrected chi connectivity index (χ0v) is 9.96. The molecule has 0 fully saturated rings. The minimum Gasteiger partial charge on any atom is -0.497 e. The molecule has 1 heterocycles. The quantitative estimate of drug-likeness (QED) is 0.864. The highest BCUT2D eigenvalue weighted by Crippen LogP contribution is 2.18. The van der Waals surface area contributed by atoms with Crippen molar-refractivity contribution in [1.82, 2.24) is 9.97 Å². The van der Waals surface area contributed by atoms with E-state index in [4.69, 9.17) is 4.74 Å². The van der Waals surface area contributed by atoms with E-state index in [-0.39, 0.29) is 0 Å². The number of nitrogens with zero attached hydrogens (tertiary/aromatic N) is 1. The molecule has 0 spiro atoms. The van der Waals surface area contributed by atoms with Gasteiger partial charge in [0.2, 0.25) is 0 Å². The Kier molecular flexibility index (Phi) is 3.88. The lowest BCUT2D eigenvalue weighted by Gasteiger charge is -2.02. The fourth-order valence-corrected chi connectivity index (χ4v) is 2.25. The van der Waals surface area contributed by atoms with Crippen LogP contribution < -0.4 is 4.74 Å². The molecule has 0 saturated carbocycles. The summed E-state index contributed by atoms with van der Waals surface area (Å²) in [5.41, 5.74) is 1.30. The van der Waals surface area contributed by atoms with E-state index in [9.17, 15) is 0 Å². The summed E-state index contributed by atoms with van der Waals surface area (Å²) in [6, 6.07) is 8.16. The predicted molar refractivity (Wildman–Crippen MR) is 66.6 cm³/mol. The Balaban J connectivity index is 1.81. The molecule has 2 aromatic rings. The Hall–Kier alpha value is -1.42. The molecule has 16 heavy (non-hydrogen) atoms. The third-order valence-corrected chi connectivity index (χ3v) is 3.24. The van der Waals surface area contributed by atoms with E-state index in [1.54, 1.807) is 13.3 Å². The molecule has 0 radical (unpaired) electrons. The van der Waals surface area contributed by atoms with Crippen molar-refractivity contribution in [3.8, 4) is 5.75 Å². The van der Waals surface area contributed by atoms with E-state index in [0.717, 1.165) is 23.1 Å². The number of aromatic nitrogens is 2. The van der Waals surface area contributed by atoms with Crippen LogP contribution in [0.4, 0.5) is 0 Å². The molecule has 2 rings (SSSR count). The Morgan fingerprint density at radius 1 is 1.25 bits per heavy atom. The molecule has 0 aliphatic heterocycles. The molecule has 1 aromatic carbocycles. The van der Waals surface area contributed by atoms with Gasteiger partial charge in [-0.15, -0.1) is 11.8 Å². The first-order chi connectivity index (χ1) is 7.88. The average molecular weight is 234 g/mol. The summed E-state index contributed by atoms with van der Waals surface area (Å²) in [7, 11) is 1.68. The van der Waals surface area contributed by atoms with E-state index in [1.165, 1.54) is 5.56 Å². The van der Waals surface area contributed by atoms with Crippen LogP contribution in [0.3, 0.4) is 0 Å². The standard InChI is InChI=1S/C12H14N2OS/c1-15-11-4-2-10(3-5-11)8-16-9-12-13-6-7-14-12/h2-7H,8-9H2,1H3,(H,13,14). The topological polar surface area (TPSA) is 37.9 Å². The van der Waals surface area contributed by atoms with E-state index >= 15 is 0 Å². The normalized spacial score (nSPS) is 10.3. The maximum Gasteiger partial charge on any atom is 0.118 e. The van der Waals surface area contributed by atoms with Gasteiger partial charge in [0.05, 0.1) is 12.9 Å². The minimum absolute atomic E-state index is 0.903. The third-order valence-electron chi connectivity index (χ3n) is 2.22. The molecule has 0 aliphatic carbocycles. The smallest absolute Gasteiger partial charge is 0.118 e. The Labute approximate surface area is 99.2 Å². The summed E-state index contributed by atoms with van der Waals surface area (Å²) >= 11 is 1.84. The van der Waals surface area contributed by atoms with Gasteiger partial charge in [-0.2, -0.15) is 0 Å². The average Bonchev–Trinajstić information content (AvgIpc) is 2.83. The molecule has 4 heteroatoms. The van der Waals surface area contributed by atoms with Gasteiger partial charge in [0.15, 0.2) is 0 Å². The molecule has 1 aromatic heterocycles. The molecular formula is C12H14N2OS. The molecule has 0 amide bonds. The SMILES string of the molecule is COc1ccc(CSCc2ncc[nH]2)cc1. The predicted octanol–water partition coefficient (Wildman–Crippen LogP) is 2.85. The van der Waals surface area contributed by atoms with E-state index in [2.05, 4.69) is 22.1 Å². The van der Waals surface area contributed by atoms with Crippen LogP contribution in [0.15, 0.2) is 36.7 Å². The Morgan fingerprint density at radius 2 is 2.06 bits per heavy atom. The highest BCUT2D eigenvalue weighted by molar-refractivity contribution is 7.97. The van der Waals surface area contributed by atoms with E-state index in [0.29, 0.717) is 0 Å². The van der Waals surface area contributed by atoms with Crippen molar-refractivity contribution in [2.45, 2.75) is 11.5 Å². The summed E-state index contributed by atoms with van der Waals surface area (Å²) in [5, 5.41) is 0. The number of hydrogen-bond donors (Lipinski definition) is 1. The lowest BCUT2D eigenvalue weighted by molar-refractivity contribution is 0.414. The van der Waals surface area contributed by atoms with Crippen molar-refractivity contribution >= 4 is 11.8 Å². The molecule has 1 N–H and O–H groups in total. The molecule has 0 saturated heterocycles. The van der Waals surface area contributed by atoms with Crippen molar-refractivity contribution in [3.05, 3.63) is 48.0 Å². The van der Waals surface area contributed by atoms with Gasteiger partial charge in [0, 0.05) is 18.1 Å². The highest BCUT2D eigenvalue weighted by atomic mass is 32.2. The summed E-state index contributed by atoms with van der Waals surface area (Å²) in [5.74, 6) is 3.84. The van der Waals surface area contributed by atoms with Gasteiger partial charge >= 0.3 is 0 Å². The number of ether oxygens (including phenoxy) is 1. The molecule has 84 valence electrons. The van der Waals surface area contributed by atoms with Crippen LogP contribution >= 0.6 is 11.8 Å². The second kappa shape index (κ2) is 5.61. The lowest BCUT2D eigenvalue weighted by Crippen LogP contribution is -1.86. The van der Waals surface area contributed by atoms with Crippen LogP contribution in [-0.2, 0) is 11.5 Å². The van der Waals surface area contributed by atoms with Gasteiger partial charge < -0.3 is 9.72 Å². The van der Waals surface area contributed by atoms with Crippen LogP contribution in [0.2, 0.25) is 0 Å². The first-order valence-electron chi connectivity index (χ1n) is 5.07. The van der Waals surface area contributed by atoms with Crippen LogP contribution in [0.5, 0.6) is 5.75 Å². The molecule has 0 atom stereocenters. The number of benzene rings is 1. The summed E-state index contributed by atoms with van der Waals surface area (Å²) < 4.78 is 5.11. The van der Waals surface area contributed by atoms with Gasteiger partial charge in [-0.05, 0) is 17.7 Å². The molecule has 0 unspecified atom stereocenters. The molecule has 3 nitrogen and oxygen atoms in total. The number of methoxy groups -OCH3 is 1. The minimum atomic E-state index is 0.903. The zero-order valence-electron chi connectivity index (χ0n) is 9.14. The highest BCUT2D eigenvalue weighted by Gasteiger charge is 1.97. The number of H-pyrrole nitrogens is 1. The Bertz CT molecular complexity index is 411. The van der Waals surface area contributed by atoms with Crippen LogP contribution in [0, 0.1) is 0 Å². The van der Waals surface area contributed by atoms with E-state index < -0.39 is 0 Å². The number of rotatable bonds is 5. The Morgan fingerprint density at radius 3 is 2.69 bits per heavy atom. The summed E-state index contributed by atoms with van der Waals surface area (Å²) in [6.45, 7) is 0. The lowest BCUT2D eigenvalue weighted by atomic mass is 10.2. The second-order valence-corrected chi connectivity index (χ2v) is 4.36. The summed E-state index contributed by atoms with van der Waals surface area (Å²) in [4.78, 5) is 7.27.